The standard InChI is InChI=1S/C20H27N3O2S/c1-3-11-22-12-14-23(15-13-22)19-9-7-18(8-10-19)21-26(24,25)20-6-4-5-17(2)16-20/h4-10,16,21H,3,11-15H2,1-2H3. The van der Waals surface area contributed by atoms with Gasteiger partial charge < -0.3 is 4.90 Å². The minimum Gasteiger partial charge on any atom is -0.369 e. The van der Waals surface area contributed by atoms with Crippen molar-refractivity contribution in [2.45, 2.75) is 25.2 Å². The number of nitrogens with zero attached hydrogens (tertiary/aromatic N) is 2. The van der Waals surface area contributed by atoms with Crippen LogP contribution in [0.4, 0.5) is 11.4 Å². The molecule has 0 unspecified atom stereocenters. The highest BCUT2D eigenvalue weighted by Crippen LogP contribution is 2.22. The zero-order valence-electron chi connectivity index (χ0n) is 15.5. The number of piperazine rings is 1. The quantitative estimate of drug-likeness (QED) is 0.844. The Morgan fingerprint density at radius 3 is 2.31 bits per heavy atom. The average Bonchev–Trinajstić information content (AvgIpc) is 2.63. The van der Waals surface area contributed by atoms with Gasteiger partial charge in [-0.05, 0) is 61.9 Å². The fourth-order valence-electron chi connectivity index (χ4n) is 3.28. The number of aryl methyl sites for hydroxylation is 1. The van der Waals surface area contributed by atoms with Crippen molar-refractivity contribution in [3.05, 3.63) is 54.1 Å². The molecule has 2 aromatic rings. The third-order valence-corrected chi connectivity index (χ3v) is 6.08. The number of hydrogen-bond donors (Lipinski definition) is 1. The molecular weight excluding hydrogens is 346 g/mol. The summed E-state index contributed by atoms with van der Waals surface area (Å²) in [5.41, 5.74) is 2.64. The fraction of sp³-hybridized carbons (Fsp3) is 0.400. The Labute approximate surface area is 156 Å². The molecule has 0 amide bonds. The summed E-state index contributed by atoms with van der Waals surface area (Å²) in [5.74, 6) is 0. The number of rotatable bonds is 6. The summed E-state index contributed by atoms with van der Waals surface area (Å²) >= 11 is 0. The van der Waals surface area contributed by atoms with Gasteiger partial charge in [-0.25, -0.2) is 8.42 Å². The van der Waals surface area contributed by atoms with Crippen LogP contribution in [0.25, 0.3) is 0 Å². The summed E-state index contributed by atoms with van der Waals surface area (Å²) in [4.78, 5) is 5.12. The van der Waals surface area contributed by atoms with Crippen molar-refractivity contribution < 1.29 is 8.42 Å². The van der Waals surface area contributed by atoms with Crippen molar-refractivity contribution in [3.63, 3.8) is 0 Å². The molecular formula is C20H27N3O2S. The first kappa shape index (κ1) is 18.7. The van der Waals surface area contributed by atoms with Crippen molar-refractivity contribution in [3.8, 4) is 0 Å². The summed E-state index contributed by atoms with van der Waals surface area (Å²) in [6.45, 7) is 9.43. The Morgan fingerprint density at radius 2 is 1.69 bits per heavy atom. The summed E-state index contributed by atoms with van der Waals surface area (Å²) in [6.07, 6.45) is 1.19. The predicted molar refractivity (Wildman–Crippen MR) is 107 cm³/mol. The minimum atomic E-state index is -3.56. The van der Waals surface area contributed by atoms with E-state index in [2.05, 4.69) is 21.4 Å². The maximum absolute atomic E-state index is 12.5. The average molecular weight is 374 g/mol. The van der Waals surface area contributed by atoms with Crippen molar-refractivity contribution in [1.82, 2.24) is 4.90 Å². The molecule has 1 saturated heterocycles. The monoisotopic (exact) mass is 373 g/mol. The highest BCUT2D eigenvalue weighted by Gasteiger charge is 2.17. The Morgan fingerprint density at radius 1 is 1.00 bits per heavy atom. The van der Waals surface area contributed by atoms with Crippen LogP contribution in [0.15, 0.2) is 53.4 Å². The van der Waals surface area contributed by atoms with E-state index in [1.165, 1.54) is 6.42 Å². The van der Waals surface area contributed by atoms with Gasteiger partial charge >= 0.3 is 0 Å². The molecule has 26 heavy (non-hydrogen) atoms. The van der Waals surface area contributed by atoms with Crippen LogP contribution in [-0.4, -0.2) is 46.0 Å². The van der Waals surface area contributed by atoms with Crippen LogP contribution in [0.2, 0.25) is 0 Å². The van der Waals surface area contributed by atoms with E-state index in [0.717, 1.165) is 44.0 Å². The lowest BCUT2D eigenvalue weighted by Gasteiger charge is -2.36. The molecule has 1 N–H and O–H groups in total. The summed E-state index contributed by atoms with van der Waals surface area (Å²) in [5, 5.41) is 0. The molecule has 0 bridgehead atoms. The summed E-state index contributed by atoms with van der Waals surface area (Å²) in [6, 6.07) is 14.6. The number of nitrogens with one attached hydrogen (secondary N) is 1. The first-order valence-corrected chi connectivity index (χ1v) is 10.6. The van der Waals surface area contributed by atoms with Gasteiger partial charge in [0.25, 0.3) is 10.0 Å². The number of hydrogen-bond acceptors (Lipinski definition) is 4. The smallest absolute Gasteiger partial charge is 0.261 e. The van der Waals surface area contributed by atoms with Gasteiger partial charge in [-0.2, -0.15) is 0 Å². The molecule has 0 aliphatic carbocycles. The van der Waals surface area contributed by atoms with E-state index in [0.29, 0.717) is 5.69 Å². The van der Waals surface area contributed by atoms with Gasteiger partial charge in [-0.1, -0.05) is 19.1 Å². The molecule has 0 aromatic heterocycles. The van der Waals surface area contributed by atoms with Crippen molar-refractivity contribution >= 4 is 21.4 Å². The molecule has 2 aromatic carbocycles. The molecule has 0 atom stereocenters. The van der Waals surface area contributed by atoms with E-state index < -0.39 is 10.0 Å². The molecule has 1 heterocycles. The molecule has 1 aliphatic heterocycles. The van der Waals surface area contributed by atoms with Crippen molar-refractivity contribution in [2.75, 3.05) is 42.3 Å². The number of anilines is 2. The minimum absolute atomic E-state index is 0.286. The predicted octanol–water partition coefficient (Wildman–Crippen LogP) is 3.33. The van der Waals surface area contributed by atoms with Gasteiger partial charge in [0.2, 0.25) is 0 Å². The molecule has 1 aliphatic rings. The molecule has 0 radical (unpaired) electrons. The molecule has 5 nitrogen and oxygen atoms in total. The largest absolute Gasteiger partial charge is 0.369 e. The molecule has 1 fully saturated rings. The lowest BCUT2D eigenvalue weighted by Crippen LogP contribution is -2.46. The third-order valence-electron chi connectivity index (χ3n) is 4.70. The van der Waals surface area contributed by atoms with Crippen LogP contribution in [0.1, 0.15) is 18.9 Å². The van der Waals surface area contributed by atoms with E-state index in [1.54, 1.807) is 18.2 Å². The van der Waals surface area contributed by atoms with Crippen molar-refractivity contribution in [1.29, 1.82) is 0 Å². The second-order valence-electron chi connectivity index (χ2n) is 6.80. The summed E-state index contributed by atoms with van der Waals surface area (Å²) < 4.78 is 27.7. The Kier molecular flexibility index (Phi) is 5.84. The highest BCUT2D eigenvalue weighted by molar-refractivity contribution is 7.92. The topological polar surface area (TPSA) is 52.6 Å². The molecule has 6 heteroatoms. The lowest BCUT2D eigenvalue weighted by atomic mass is 10.2. The van der Waals surface area contributed by atoms with Crippen LogP contribution in [0, 0.1) is 6.92 Å². The zero-order chi connectivity index (χ0) is 18.6. The van der Waals surface area contributed by atoms with Gasteiger partial charge in [-0.3, -0.25) is 9.62 Å². The van der Waals surface area contributed by atoms with Crippen LogP contribution >= 0.6 is 0 Å². The second-order valence-corrected chi connectivity index (χ2v) is 8.48. The van der Waals surface area contributed by atoms with E-state index in [9.17, 15) is 8.42 Å². The van der Waals surface area contributed by atoms with Crippen LogP contribution in [0.3, 0.4) is 0 Å². The van der Waals surface area contributed by atoms with Crippen LogP contribution in [0.5, 0.6) is 0 Å². The Bertz CT molecular complexity index is 826. The van der Waals surface area contributed by atoms with Gasteiger partial charge in [0.1, 0.15) is 0 Å². The maximum Gasteiger partial charge on any atom is 0.261 e. The van der Waals surface area contributed by atoms with Crippen LogP contribution in [-0.2, 0) is 10.0 Å². The number of benzene rings is 2. The molecule has 0 saturated carbocycles. The second kappa shape index (κ2) is 8.10. The third kappa shape index (κ3) is 4.56. The van der Waals surface area contributed by atoms with E-state index in [-0.39, 0.29) is 4.90 Å². The van der Waals surface area contributed by atoms with Gasteiger partial charge in [0.05, 0.1) is 4.90 Å². The molecule has 140 valence electrons. The SMILES string of the molecule is CCCN1CCN(c2ccc(NS(=O)(=O)c3cccc(C)c3)cc2)CC1. The lowest BCUT2D eigenvalue weighted by molar-refractivity contribution is 0.258. The van der Waals surface area contributed by atoms with E-state index in [1.807, 2.05) is 37.3 Å². The first-order valence-electron chi connectivity index (χ1n) is 9.15. The molecule has 0 spiro atoms. The number of sulfonamides is 1. The summed E-state index contributed by atoms with van der Waals surface area (Å²) in [7, 11) is -3.56. The molecule has 3 rings (SSSR count). The van der Waals surface area contributed by atoms with Crippen LogP contribution < -0.4 is 9.62 Å². The van der Waals surface area contributed by atoms with Gasteiger partial charge in [0.15, 0.2) is 0 Å². The first-order chi connectivity index (χ1) is 12.5. The normalized spacial score (nSPS) is 15.8. The zero-order valence-corrected chi connectivity index (χ0v) is 16.3. The highest BCUT2D eigenvalue weighted by atomic mass is 32.2. The van der Waals surface area contributed by atoms with Gasteiger partial charge in [0, 0.05) is 37.6 Å². The van der Waals surface area contributed by atoms with E-state index >= 15 is 0 Å². The Balaban J connectivity index is 1.65. The van der Waals surface area contributed by atoms with Gasteiger partial charge in [-0.15, -0.1) is 0 Å². The fourth-order valence-corrected chi connectivity index (χ4v) is 4.45. The van der Waals surface area contributed by atoms with E-state index in [4.69, 9.17) is 0 Å². The Hall–Kier alpha value is -2.05. The van der Waals surface area contributed by atoms with Crippen molar-refractivity contribution in [2.24, 2.45) is 0 Å². The maximum atomic E-state index is 12.5.